The van der Waals surface area contributed by atoms with Crippen LogP contribution in [0, 0.1) is 0 Å². The lowest BCUT2D eigenvalue weighted by Crippen LogP contribution is -2.57. The first-order valence-corrected chi connectivity index (χ1v) is 16.0. The maximum absolute atomic E-state index is 14.0. The Morgan fingerprint density at radius 1 is 0.953 bits per heavy atom. The molecule has 0 unspecified atom stereocenters. The molecule has 3 fully saturated rings. The number of hydrogen-bond acceptors (Lipinski definition) is 5. The van der Waals surface area contributed by atoms with Crippen LogP contribution in [0.5, 0.6) is 5.75 Å². The number of amides is 2. The number of amidine groups is 1. The Morgan fingerprint density at radius 2 is 1.70 bits per heavy atom. The Balaban J connectivity index is 1.31. The second-order valence-corrected chi connectivity index (χ2v) is 12.6. The van der Waals surface area contributed by atoms with Crippen LogP contribution in [0.2, 0.25) is 0 Å². The standard InChI is InChI=1S/C36H45N5O2/c1-26(2)43-31-12-8-9-28(23-31)25-40-21-19-36(20-22-40)34(38-30-10-4-3-5-11-30)39-35(42)41(36)33-14-7-6-13-32(33)29-17-15-27(24-37)16-18-29/h6-9,12-18,23,26,30H,3-5,10-11,19-22,24-25,37H2,1-2H3,(H,38,39,42). The predicted octanol–water partition coefficient (Wildman–Crippen LogP) is 6.90. The summed E-state index contributed by atoms with van der Waals surface area (Å²) in [6, 6.07) is 25.3. The smallest absolute Gasteiger partial charge is 0.328 e. The number of carbonyl (C=O) groups is 1. The molecule has 7 heteroatoms. The first-order chi connectivity index (χ1) is 20.9. The Labute approximate surface area is 256 Å². The van der Waals surface area contributed by atoms with Crippen molar-refractivity contribution in [3.05, 3.63) is 83.9 Å². The lowest BCUT2D eigenvalue weighted by Gasteiger charge is -2.44. The number of para-hydroxylation sites is 1. The summed E-state index contributed by atoms with van der Waals surface area (Å²) in [5, 5.41) is 3.28. The van der Waals surface area contributed by atoms with Crippen molar-refractivity contribution in [1.82, 2.24) is 10.2 Å². The van der Waals surface area contributed by atoms with Crippen LogP contribution in [0.1, 0.15) is 69.9 Å². The molecule has 226 valence electrons. The number of aliphatic imine (C=N–C) groups is 1. The van der Waals surface area contributed by atoms with Gasteiger partial charge < -0.3 is 10.5 Å². The molecule has 2 amide bonds. The van der Waals surface area contributed by atoms with Gasteiger partial charge >= 0.3 is 6.03 Å². The number of piperidine rings is 1. The van der Waals surface area contributed by atoms with Crippen molar-refractivity contribution in [2.45, 2.75) is 89.6 Å². The predicted molar refractivity (Wildman–Crippen MR) is 175 cm³/mol. The number of urea groups is 1. The number of nitrogens with two attached hydrogens (primary N) is 1. The molecule has 2 saturated heterocycles. The molecule has 3 N–H and O–H groups in total. The zero-order valence-electron chi connectivity index (χ0n) is 25.6. The fraction of sp³-hybridized carbons (Fsp3) is 0.444. The van der Waals surface area contributed by atoms with E-state index in [0.717, 1.165) is 79.3 Å². The number of likely N-dealkylation sites (tertiary alicyclic amines) is 1. The largest absolute Gasteiger partial charge is 0.491 e. The zero-order chi connectivity index (χ0) is 29.8. The second kappa shape index (κ2) is 12.9. The van der Waals surface area contributed by atoms with Crippen LogP contribution >= 0.6 is 0 Å². The lowest BCUT2D eigenvalue weighted by atomic mass is 9.84. The Bertz CT molecular complexity index is 1440. The van der Waals surface area contributed by atoms with E-state index < -0.39 is 5.54 Å². The van der Waals surface area contributed by atoms with Gasteiger partial charge in [-0.2, -0.15) is 0 Å². The molecule has 6 rings (SSSR count). The molecule has 1 aliphatic carbocycles. The third kappa shape index (κ3) is 6.34. The van der Waals surface area contributed by atoms with Gasteiger partial charge in [0, 0.05) is 31.7 Å². The normalized spacial score (nSPS) is 20.2. The van der Waals surface area contributed by atoms with Crippen molar-refractivity contribution in [3.63, 3.8) is 0 Å². The van der Waals surface area contributed by atoms with Gasteiger partial charge in [-0.25, -0.2) is 4.79 Å². The van der Waals surface area contributed by atoms with Gasteiger partial charge in [-0.15, -0.1) is 0 Å². The number of benzene rings is 3. The van der Waals surface area contributed by atoms with E-state index in [2.05, 4.69) is 78.7 Å². The lowest BCUT2D eigenvalue weighted by molar-refractivity contribution is 0.183. The second-order valence-electron chi connectivity index (χ2n) is 12.6. The minimum Gasteiger partial charge on any atom is -0.491 e. The number of carbonyl (C=O) groups excluding carboxylic acids is 1. The van der Waals surface area contributed by atoms with E-state index in [-0.39, 0.29) is 18.2 Å². The molecule has 0 radical (unpaired) electrons. The van der Waals surface area contributed by atoms with Gasteiger partial charge in [0.15, 0.2) is 0 Å². The monoisotopic (exact) mass is 579 g/mol. The topological polar surface area (TPSA) is 83.2 Å². The molecule has 0 aromatic heterocycles. The van der Waals surface area contributed by atoms with E-state index in [9.17, 15) is 4.79 Å². The van der Waals surface area contributed by atoms with Crippen LogP contribution < -0.4 is 20.7 Å². The highest BCUT2D eigenvalue weighted by atomic mass is 16.5. The van der Waals surface area contributed by atoms with Crippen LogP contribution in [0.4, 0.5) is 10.5 Å². The van der Waals surface area contributed by atoms with Crippen LogP contribution in [0.25, 0.3) is 11.1 Å². The fourth-order valence-corrected chi connectivity index (χ4v) is 6.98. The summed E-state index contributed by atoms with van der Waals surface area (Å²) in [6.07, 6.45) is 7.68. The summed E-state index contributed by atoms with van der Waals surface area (Å²) in [5.74, 6) is 1.78. The first-order valence-electron chi connectivity index (χ1n) is 16.0. The Hall–Kier alpha value is -3.68. The van der Waals surface area contributed by atoms with E-state index in [4.69, 9.17) is 15.5 Å². The van der Waals surface area contributed by atoms with E-state index in [1.165, 1.54) is 24.8 Å². The minimum absolute atomic E-state index is 0.0763. The minimum atomic E-state index is -0.499. The fourth-order valence-electron chi connectivity index (χ4n) is 6.98. The highest BCUT2D eigenvalue weighted by Crippen LogP contribution is 2.43. The van der Waals surface area contributed by atoms with Crippen LogP contribution in [0.15, 0.2) is 77.8 Å². The third-order valence-electron chi connectivity index (χ3n) is 9.19. The summed E-state index contributed by atoms with van der Waals surface area (Å²) < 4.78 is 5.95. The van der Waals surface area contributed by atoms with Crippen LogP contribution in [-0.2, 0) is 13.1 Å². The molecule has 1 spiro atoms. The van der Waals surface area contributed by atoms with Gasteiger partial charge in [0.25, 0.3) is 0 Å². The number of hydrogen-bond donors (Lipinski definition) is 2. The molecule has 3 aromatic rings. The number of ether oxygens (including phenoxy) is 1. The summed E-state index contributed by atoms with van der Waals surface area (Å²) in [7, 11) is 0. The highest BCUT2D eigenvalue weighted by molar-refractivity contribution is 6.20. The molecule has 3 aliphatic rings. The molecule has 2 heterocycles. The van der Waals surface area contributed by atoms with Crippen molar-refractivity contribution >= 4 is 17.6 Å². The molecular formula is C36H45N5O2. The first kappa shape index (κ1) is 29.4. The van der Waals surface area contributed by atoms with E-state index in [1.807, 2.05) is 23.1 Å². The number of nitrogens with zero attached hydrogens (tertiary/aromatic N) is 3. The van der Waals surface area contributed by atoms with Gasteiger partial charge in [-0.1, -0.05) is 73.9 Å². The van der Waals surface area contributed by atoms with Gasteiger partial charge in [0.2, 0.25) is 0 Å². The average Bonchev–Trinajstić information content (AvgIpc) is 3.28. The van der Waals surface area contributed by atoms with Gasteiger partial charge in [-0.3, -0.25) is 20.1 Å². The molecule has 3 aromatic carbocycles. The third-order valence-corrected chi connectivity index (χ3v) is 9.19. The van der Waals surface area contributed by atoms with Gasteiger partial charge in [-0.05, 0) is 74.4 Å². The van der Waals surface area contributed by atoms with Crippen molar-refractivity contribution in [3.8, 4) is 16.9 Å². The highest BCUT2D eigenvalue weighted by Gasteiger charge is 2.53. The summed E-state index contributed by atoms with van der Waals surface area (Å²) in [6.45, 7) is 7.21. The molecule has 2 aliphatic heterocycles. The van der Waals surface area contributed by atoms with Crippen molar-refractivity contribution < 1.29 is 9.53 Å². The van der Waals surface area contributed by atoms with Crippen molar-refractivity contribution in [1.29, 1.82) is 0 Å². The summed E-state index contributed by atoms with van der Waals surface area (Å²) >= 11 is 0. The molecule has 43 heavy (non-hydrogen) atoms. The summed E-state index contributed by atoms with van der Waals surface area (Å²) in [5.41, 5.74) is 10.8. The quantitative estimate of drug-likeness (QED) is 0.304. The molecule has 7 nitrogen and oxygen atoms in total. The van der Waals surface area contributed by atoms with Crippen LogP contribution in [-0.4, -0.2) is 47.5 Å². The van der Waals surface area contributed by atoms with E-state index >= 15 is 0 Å². The Morgan fingerprint density at radius 3 is 2.42 bits per heavy atom. The van der Waals surface area contributed by atoms with Crippen molar-refractivity contribution in [2.24, 2.45) is 10.7 Å². The zero-order valence-corrected chi connectivity index (χ0v) is 25.6. The maximum atomic E-state index is 14.0. The Kier molecular flexibility index (Phi) is 8.82. The van der Waals surface area contributed by atoms with Crippen molar-refractivity contribution in [2.75, 3.05) is 18.0 Å². The summed E-state index contributed by atoms with van der Waals surface area (Å²) in [4.78, 5) is 23.8. The van der Waals surface area contributed by atoms with E-state index in [0.29, 0.717) is 6.54 Å². The molecule has 0 atom stereocenters. The molecule has 0 bridgehead atoms. The number of rotatable bonds is 8. The molecule has 1 saturated carbocycles. The van der Waals surface area contributed by atoms with Gasteiger partial charge in [0.1, 0.15) is 17.1 Å². The van der Waals surface area contributed by atoms with E-state index in [1.54, 1.807) is 0 Å². The average molecular weight is 580 g/mol. The SMILES string of the molecule is CC(C)Oc1cccc(CN2CCC3(CC2)C(=NC2CCCCC2)NC(=O)N3c2ccccc2-c2ccc(CN)cc2)c1. The molecular weight excluding hydrogens is 534 g/mol. The number of nitrogens with one attached hydrogen (secondary N) is 1. The maximum Gasteiger partial charge on any atom is 0.328 e. The number of anilines is 1. The van der Waals surface area contributed by atoms with Gasteiger partial charge in [0.05, 0.1) is 17.8 Å². The van der Waals surface area contributed by atoms with Crippen LogP contribution in [0.3, 0.4) is 0 Å².